The number of carboxylic acid groups (broad SMARTS) is 1. The van der Waals surface area contributed by atoms with Gasteiger partial charge in [-0.1, -0.05) is 59.6 Å². The van der Waals surface area contributed by atoms with Crippen LogP contribution in [0.1, 0.15) is 58.3 Å². The number of aliphatic hydroxyl groups is 2. The molecule has 0 spiro atoms. The number of hydrogen-bond acceptors (Lipinski definition) is 13. The number of nitrogens with two attached hydrogens (primary N) is 1. The van der Waals surface area contributed by atoms with E-state index < -0.39 is 59.4 Å². The smallest absolute Gasteiger partial charge is 0.377 e. The lowest BCUT2D eigenvalue weighted by Gasteiger charge is -2.36. The van der Waals surface area contributed by atoms with E-state index >= 15 is 0 Å². The van der Waals surface area contributed by atoms with Crippen molar-refractivity contribution in [2.45, 2.75) is 37.1 Å². The van der Waals surface area contributed by atoms with Crippen LogP contribution in [0.15, 0.2) is 97.1 Å². The highest BCUT2D eigenvalue weighted by molar-refractivity contribution is 6.43. The van der Waals surface area contributed by atoms with Crippen LogP contribution in [0.3, 0.4) is 0 Å². The van der Waals surface area contributed by atoms with Crippen LogP contribution >= 0.6 is 23.2 Å². The molecule has 6 N–H and O–H groups in total. The van der Waals surface area contributed by atoms with Crippen molar-refractivity contribution in [3.63, 3.8) is 0 Å². The van der Waals surface area contributed by atoms with Gasteiger partial charge in [0.15, 0.2) is 34.6 Å². The molecular formula is C52H52Cl2F2N4O11. The molecule has 2 fully saturated rings. The number of benzene rings is 6. The van der Waals surface area contributed by atoms with Crippen LogP contribution < -0.4 is 30.0 Å². The van der Waals surface area contributed by atoms with Crippen LogP contribution in [-0.4, -0.2) is 126 Å². The highest BCUT2D eigenvalue weighted by Crippen LogP contribution is 2.38. The van der Waals surface area contributed by atoms with Crippen molar-refractivity contribution in [2.75, 3.05) is 65.7 Å². The van der Waals surface area contributed by atoms with E-state index in [1.165, 1.54) is 30.7 Å². The van der Waals surface area contributed by atoms with E-state index in [9.17, 15) is 38.2 Å². The summed E-state index contributed by atoms with van der Waals surface area (Å²) in [6.07, 6.45) is -0.00551. The Labute approximate surface area is 418 Å². The minimum Gasteiger partial charge on any atom is -0.486 e. The number of amides is 1. The number of hydrogen-bond donors (Lipinski definition) is 5. The van der Waals surface area contributed by atoms with Crippen molar-refractivity contribution in [1.29, 1.82) is 0 Å². The molecule has 0 radical (unpaired) electrons. The van der Waals surface area contributed by atoms with E-state index in [0.717, 1.165) is 54.1 Å². The standard InChI is InChI=1S/C26H24ClFN2O5.C14H19FN2O3.C12H7ClO3.H2/c27-19-5-4-15-10-17(3-2-16(15)11-19)24(32)26(33)29-21(14-30-6-1-7-30)23(31)18-12-20(28)25-22(13-18)34-8-9-35-25;15-10-6-9(7-12-14(10)20-5-4-19-12)13(18)11(16)8-17-2-1-3-17;13-10-4-3-7-5-9(11(14)12(15)16)2-1-8(7)6-10;/h2-5,10-13,21,23,31H,1,6-9,14H2,(H,29,33);6-7,11,13,18H,1-5,8,16H2;1-6H,(H,15,16);1H/t21-,23-;11-,13-;;/m11../s1. The van der Waals surface area contributed by atoms with Gasteiger partial charge in [0.2, 0.25) is 5.78 Å². The number of fused-ring (bicyclic) bond motifs is 4. The Morgan fingerprint density at radius 3 is 1.52 bits per heavy atom. The van der Waals surface area contributed by atoms with Gasteiger partial charge < -0.3 is 55.1 Å². The Bertz CT molecular complexity index is 2980. The van der Waals surface area contributed by atoms with Crippen molar-refractivity contribution in [1.82, 2.24) is 15.1 Å². The molecule has 0 aromatic heterocycles. The van der Waals surface area contributed by atoms with Gasteiger partial charge >= 0.3 is 5.97 Å². The molecule has 374 valence electrons. The molecule has 0 aliphatic carbocycles. The number of halogens is 4. The molecule has 4 aliphatic rings. The van der Waals surface area contributed by atoms with E-state index in [1.54, 1.807) is 72.8 Å². The lowest BCUT2D eigenvalue weighted by atomic mass is 9.98. The zero-order valence-corrected chi connectivity index (χ0v) is 39.6. The summed E-state index contributed by atoms with van der Waals surface area (Å²) < 4.78 is 49.9. The van der Waals surface area contributed by atoms with Crippen molar-refractivity contribution >= 4 is 68.2 Å². The van der Waals surface area contributed by atoms with Gasteiger partial charge in [-0.15, -0.1) is 0 Å². The summed E-state index contributed by atoms with van der Waals surface area (Å²) in [6.45, 7) is 5.79. The van der Waals surface area contributed by atoms with E-state index in [4.69, 9.17) is 53.0 Å². The van der Waals surface area contributed by atoms with Crippen LogP contribution in [0.4, 0.5) is 8.78 Å². The number of aliphatic hydroxyl groups excluding tert-OH is 2. The highest BCUT2D eigenvalue weighted by Gasteiger charge is 2.32. The SMILES string of the molecule is N[C@H](CN1CCC1)[C@H](O)c1cc(F)c2c(c1)OCCO2.O=C(N[C@H](CN1CCC1)[C@H](O)c1cc(F)c2c(c1)OCCO2)C(=O)c1ccc2cc(Cl)ccc2c1.O=C(O)C(=O)c1ccc2cc(Cl)ccc2c1.[HH]. The Kier molecular flexibility index (Phi) is 16.3. The number of Topliss-reactive ketones (excluding diaryl/α,β-unsaturated/α-hetero) is 2. The molecule has 1 amide bonds. The third-order valence-electron chi connectivity index (χ3n) is 12.4. The first-order valence-corrected chi connectivity index (χ1v) is 23.6. The number of nitrogens with one attached hydrogen (secondary N) is 1. The summed E-state index contributed by atoms with van der Waals surface area (Å²) in [6, 6.07) is 24.4. The molecule has 2 saturated heterocycles. The van der Waals surface area contributed by atoms with Gasteiger partial charge in [-0.3, -0.25) is 14.4 Å². The second-order valence-corrected chi connectivity index (χ2v) is 18.2. The minimum absolute atomic E-state index is 0. The number of likely N-dealkylation sites (tertiary alicyclic amines) is 2. The zero-order chi connectivity index (χ0) is 50.3. The summed E-state index contributed by atoms with van der Waals surface area (Å²) in [5, 5.41) is 37.1. The highest BCUT2D eigenvalue weighted by atomic mass is 35.5. The summed E-state index contributed by atoms with van der Waals surface area (Å²) in [7, 11) is 0. The number of aliphatic carboxylic acids is 1. The van der Waals surface area contributed by atoms with Crippen molar-refractivity contribution in [3.05, 3.63) is 141 Å². The quantitative estimate of drug-likeness (QED) is 0.0574. The molecule has 4 heterocycles. The van der Waals surface area contributed by atoms with Gasteiger partial charge in [0.1, 0.15) is 32.5 Å². The fourth-order valence-corrected chi connectivity index (χ4v) is 8.68. The van der Waals surface area contributed by atoms with Crippen molar-refractivity contribution in [3.8, 4) is 23.0 Å². The van der Waals surface area contributed by atoms with Crippen LogP contribution in [0.5, 0.6) is 23.0 Å². The molecule has 71 heavy (non-hydrogen) atoms. The van der Waals surface area contributed by atoms with Crippen LogP contribution in [0.25, 0.3) is 21.5 Å². The number of rotatable bonds is 13. The maximum atomic E-state index is 14.6. The third-order valence-corrected chi connectivity index (χ3v) is 12.8. The van der Waals surface area contributed by atoms with Crippen LogP contribution in [-0.2, 0) is 9.59 Å². The molecule has 19 heteroatoms. The normalized spacial score (nSPS) is 16.6. The number of carbonyl (C=O) groups is 4. The first-order valence-electron chi connectivity index (χ1n) is 22.9. The van der Waals surface area contributed by atoms with Gasteiger partial charge in [0.25, 0.3) is 11.7 Å². The predicted molar refractivity (Wildman–Crippen MR) is 263 cm³/mol. The molecular weight excluding hydrogens is 965 g/mol. The summed E-state index contributed by atoms with van der Waals surface area (Å²) in [5.41, 5.74) is 7.05. The second-order valence-electron chi connectivity index (χ2n) is 17.4. The molecule has 0 unspecified atom stereocenters. The summed E-state index contributed by atoms with van der Waals surface area (Å²) >= 11 is 11.8. The van der Waals surface area contributed by atoms with Gasteiger partial charge in [-0.25, -0.2) is 13.6 Å². The lowest BCUT2D eigenvalue weighted by molar-refractivity contribution is -0.131. The molecule has 15 nitrogen and oxygen atoms in total. The first kappa shape index (κ1) is 50.9. The topological polar surface area (TPSA) is 210 Å². The second kappa shape index (κ2) is 22.8. The molecule has 0 bridgehead atoms. The molecule has 4 atom stereocenters. The average Bonchev–Trinajstić information content (AvgIpc) is 3.34. The zero-order valence-electron chi connectivity index (χ0n) is 38.1. The predicted octanol–water partition coefficient (Wildman–Crippen LogP) is 7.18. The monoisotopic (exact) mass is 1020 g/mol. The van der Waals surface area contributed by atoms with E-state index in [1.807, 2.05) is 4.90 Å². The summed E-state index contributed by atoms with van der Waals surface area (Å²) in [5.74, 6) is -4.45. The van der Waals surface area contributed by atoms with E-state index in [0.29, 0.717) is 47.7 Å². The first-order chi connectivity index (χ1) is 34.1. The largest absolute Gasteiger partial charge is 0.486 e. The Morgan fingerprint density at radius 1 is 0.606 bits per heavy atom. The number of carboxylic acids is 1. The third kappa shape index (κ3) is 12.4. The number of ether oxygens (including phenoxy) is 4. The van der Waals surface area contributed by atoms with Gasteiger partial charge in [0, 0.05) is 41.7 Å². The lowest BCUT2D eigenvalue weighted by Crippen LogP contribution is -2.52. The van der Waals surface area contributed by atoms with Crippen molar-refractivity contribution < 1.29 is 63.7 Å². The number of ketones is 2. The number of nitrogens with zero attached hydrogens (tertiary/aromatic N) is 2. The Hall–Kier alpha value is -6.44. The van der Waals surface area contributed by atoms with Crippen LogP contribution in [0.2, 0.25) is 10.0 Å². The van der Waals surface area contributed by atoms with Gasteiger partial charge in [-0.2, -0.15) is 0 Å². The maximum absolute atomic E-state index is 14.6. The molecule has 0 saturated carbocycles. The molecule has 4 aliphatic heterocycles. The summed E-state index contributed by atoms with van der Waals surface area (Å²) in [4.78, 5) is 51.8. The van der Waals surface area contributed by atoms with Crippen molar-refractivity contribution in [2.24, 2.45) is 5.73 Å². The Morgan fingerprint density at radius 2 is 1.04 bits per heavy atom. The van der Waals surface area contributed by atoms with Gasteiger partial charge in [-0.05, 0) is 132 Å². The van der Waals surface area contributed by atoms with E-state index in [-0.39, 0.29) is 48.6 Å². The van der Waals surface area contributed by atoms with E-state index in [2.05, 4.69) is 10.2 Å². The molecule has 6 aromatic carbocycles. The van der Waals surface area contributed by atoms with Gasteiger partial charge in [0.05, 0.1) is 12.1 Å². The Balaban J connectivity index is 0.000000174. The fourth-order valence-electron chi connectivity index (χ4n) is 8.32. The molecule has 10 rings (SSSR count). The minimum atomic E-state index is -1.45. The average molecular weight is 1020 g/mol. The fraction of sp³-hybridized carbons (Fsp3) is 0.308. The maximum Gasteiger partial charge on any atom is 0.377 e. The number of carbonyl (C=O) groups excluding carboxylic acids is 3. The molecule has 6 aromatic rings. The van der Waals surface area contributed by atoms with Crippen LogP contribution in [0, 0.1) is 11.6 Å².